The molecule has 2 atom stereocenters. The third kappa shape index (κ3) is 3.88. The van der Waals surface area contributed by atoms with E-state index in [4.69, 9.17) is 5.11 Å². The van der Waals surface area contributed by atoms with Gasteiger partial charge in [0.1, 0.15) is 10.7 Å². The Morgan fingerprint density at radius 3 is 2.55 bits per heavy atom. The number of nitrogens with zero attached hydrogens (tertiary/aromatic N) is 2. The zero-order valence-electron chi connectivity index (χ0n) is 17.7. The topological polar surface area (TPSA) is 109 Å². The number of aromatic nitrogens is 1. The van der Waals surface area contributed by atoms with Gasteiger partial charge in [-0.05, 0) is 56.7 Å². The Labute approximate surface area is 179 Å². The second-order valence-electron chi connectivity index (χ2n) is 8.69. The van der Waals surface area contributed by atoms with Crippen molar-refractivity contribution < 1.29 is 22.7 Å². The van der Waals surface area contributed by atoms with Crippen molar-refractivity contribution in [2.24, 2.45) is 5.92 Å². The van der Waals surface area contributed by atoms with Crippen LogP contribution in [0.5, 0.6) is 0 Å². The highest BCUT2D eigenvalue weighted by molar-refractivity contribution is 7.90. The summed E-state index contributed by atoms with van der Waals surface area (Å²) < 4.78 is 41.1. The van der Waals surface area contributed by atoms with Gasteiger partial charge in [-0.1, -0.05) is 0 Å². The summed E-state index contributed by atoms with van der Waals surface area (Å²) in [7, 11) is -3.75. The maximum Gasteiger partial charge on any atom is 0.404 e. The van der Waals surface area contributed by atoms with Gasteiger partial charge in [0.25, 0.3) is 5.56 Å². The average Bonchev–Trinajstić information content (AvgIpc) is 3.37. The fraction of sp³-hybridized carbons (Fsp3) is 0.524. The van der Waals surface area contributed by atoms with Crippen LogP contribution in [0, 0.1) is 18.7 Å². The average molecular weight is 452 g/mol. The molecule has 168 valence electrons. The second kappa shape index (κ2) is 7.51. The Hall–Kier alpha value is -2.62. The fourth-order valence-electron chi connectivity index (χ4n) is 4.68. The number of pyridine rings is 1. The van der Waals surface area contributed by atoms with Gasteiger partial charge in [0.2, 0.25) is 0 Å². The number of nitrogens with one attached hydrogen (secondary N) is 1. The molecule has 1 aliphatic carbocycles. The van der Waals surface area contributed by atoms with E-state index in [1.165, 1.54) is 16.7 Å². The standard InChI is InChI=1S/C21H26FN3O5S/c1-11-18-14(9-17(31(3,29)30)20(26)25(18)15-4-5-15)8-16(22)19(11)24-7-6-13(10-24)12(2)23-21(27)28/h8-9,12-13,15,23H,4-7,10H2,1-3H3,(H,27,28)/t12-,13?/m0/s1. The van der Waals surface area contributed by atoms with Crippen molar-refractivity contribution in [3.05, 3.63) is 33.9 Å². The number of fused-ring (bicyclic) bond motifs is 1. The van der Waals surface area contributed by atoms with E-state index in [9.17, 15) is 18.0 Å². The van der Waals surface area contributed by atoms with Crippen LogP contribution in [0.2, 0.25) is 0 Å². The summed E-state index contributed by atoms with van der Waals surface area (Å²) in [5.41, 5.74) is 0.991. The van der Waals surface area contributed by atoms with E-state index in [2.05, 4.69) is 5.32 Å². The summed E-state index contributed by atoms with van der Waals surface area (Å²) in [6, 6.07) is 2.22. The van der Waals surface area contributed by atoms with E-state index in [0.29, 0.717) is 41.7 Å². The summed E-state index contributed by atoms with van der Waals surface area (Å²) in [5, 5.41) is 11.8. The van der Waals surface area contributed by atoms with Crippen LogP contribution in [-0.4, -0.2) is 49.6 Å². The molecule has 2 aromatic rings. The molecular formula is C21H26FN3O5S. The summed E-state index contributed by atoms with van der Waals surface area (Å²) in [4.78, 5) is 25.6. The van der Waals surface area contributed by atoms with E-state index in [1.54, 1.807) is 13.8 Å². The molecule has 31 heavy (non-hydrogen) atoms. The number of rotatable bonds is 5. The van der Waals surface area contributed by atoms with Crippen molar-refractivity contribution in [2.45, 2.75) is 50.1 Å². The van der Waals surface area contributed by atoms with Gasteiger partial charge < -0.3 is 19.9 Å². The molecule has 8 nitrogen and oxygen atoms in total. The van der Waals surface area contributed by atoms with Gasteiger partial charge in [0, 0.05) is 36.8 Å². The quantitative estimate of drug-likeness (QED) is 0.724. The first-order valence-corrected chi connectivity index (χ1v) is 12.2. The van der Waals surface area contributed by atoms with Crippen LogP contribution in [-0.2, 0) is 9.84 Å². The van der Waals surface area contributed by atoms with Gasteiger partial charge in [-0.2, -0.15) is 0 Å². The Bertz CT molecular complexity index is 1240. The molecule has 10 heteroatoms. The molecule has 1 aromatic carbocycles. The maximum absolute atomic E-state index is 15.3. The number of aryl methyl sites for hydroxylation is 1. The van der Waals surface area contributed by atoms with Crippen molar-refractivity contribution in [3.63, 3.8) is 0 Å². The lowest BCUT2D eigenvalue weighted by atomic mass is 10.0. The highest BCUT2D eigenvalue weighted by atomic mass is 32.2. The smallest absolute Gasteiger partial charge is 0.404 e. The number of carbonyl (C=O) groups is 1. The first-order valence-electron chi connectivity index (χ1n) is 10.3. The molecule has 2 heterocycles. The monoisotopic (exact) mass is 451 g/mol. The van der Waals surface area contributed by atoms with Gasteiger partial charge in [-0.3, -0.25) is 4.79 Å². The van der Waals surface area contributed by atoms with Crippen LogP contribution in [0.25, 0.3) is 10.9 Å². The molecule has 1 aromatic heterocycles. The minimum absolute atomic E-state index is 0.0313. The molecule has 2 fully saturated rings. The van der Waals surface area contributed by atoms with E-state index < -0.39 is 27.3 Å². The zero-order chi connectivity index (χ0) is 22.7. The van der Waals surface area contributed by atoms with Gasteiger partial charge >= 0.3 is 6.09 Å². The lowest BCUT2D eigenvalue weighted by Gasteiger charge is -2.25. The SMILES string of the molecule is Cc1c(N2CCC([C@H](C)NC(=O)O)C2)c(F)cc2cc(S(C)(=O)=O)c(=O)n(C3CC3)c12. The first kappa shape index (κ1) is 21.6. The molecule has 0 bridgehead atoms. The second-order valence-corrected chi connectivity index (χ2v) is 10.7. The summed E-state index contributed by atoms with van der Waals surface area (Å²) in [6.07, 6.45) is 2.16. The lowest BCUT2D eigenvalue weighted by Crippen LogP contribution is -2.38. The first-order chi connectivity index (χ1) is 14.5. The van der Waals surface area contributed by atoms with E-state index >= 15 is 4.39 Å². The molecule has 1 saturated heterocycles. The van der Waals surface area contributed by atoms with Crippen LogP contribution >= 0.6 is 0 Å². The number of halogens is 1. The molecule has 1 saturated carbocycles. The minimum Gasteiger partial charge on any atom is -0.465 e. The predicted molar refractivity (Wildman–Crippen MR) is 115 cm³/mol. The predicted octanol–water partition coefficient (Wildman–Crippen LogP) is 2.67. The van der Waals surface area contributed by atoms with Crippen molar-refractivity contribution in [1.82, 2.24) is 9.88 Å². The maximum atomic E-state index is 15.3. The highest BCUT2D eigenvalue weighted by Gasteiger charge is 2.33. The van der Waals surface area contributed by atoms with Crippen molar-refractivity contribution in [1.29, 1.82) is 0 Å². The molecule has 1 aliphatic heterocycles. The summed E-state index contributed by atoms with van der Waals surface area (Å²) in [5.74, 6) is -0.450. The molecule has 2 aliphatic rings. The van der Waals surface area contributed by atoms with Crippen molar-refractivity contribution in [3.8, 4) is 0 Å². The number of sulfone groups is 1. The molecule has 0 spiro atoms. The van der Waals surface area contributed by atoms with Gasteiger partial charge in [0.05, 0.1) is 11.2 Å². The Kier molecular flexibility index (Phi) is 5.23. The van der Waals surface area contributed by atoms with Crippen molar-refractivity contribution in [2.75, 3.05) is 24.2 Å². The Morgan fingerprint density at radius 2 is 1.97 bits per heavy atom. The van der Waals surface area contributed by atoms with Crippen LogP contribution in [0.15, 0.2) is 21.8 Å². The number of anilines is 1. The van der Waals surface area contributed by atoms with Crippen LogP contribution < -0.4 is 15.8 Å². The molecule has 4 rings (SSSR count). The summed E-state index contributed by atoms with van der Waals surface area (Å²) >= 11 is 0. The lowest BCUT2D eigenvalue weighted by molar-refractivity contribution is 0.186. The minimum atomic E-state index is -3.75. The Balaban J connectivity index is 1.83. The Morgan fingerprint density at radius 1 is 1.29 bits per heavy atom. The normalized spacial score (nSPS) is 20.3. The third-order valence-electron chi connectivity index (χ3n) is 6.36. The number of amides is 1. The number of carboxylic acid groups (broad SMARTS) is 1. The van der Waals surface area contributed by atoms with Crippen LogP contribution in [0.3, 0.4) is 0 Å². The third-order valence-corrected chi connectivity index (χ3v) is 7.45. The largest absolute Gasteiger partial charge is 0.465 e. The number of hydrogen-bond donors (Lipinski definition) is 2. The molecule has 2 N–H and O–H groups in total. The number of hydrogen-bond acceptors (Lipinski definition) is 5. The van der Waals surface area contributed by atoms with Crippen LogP contribution in [0.1, 0.15) is 37.8 Å². The zero-order valence-corrected chi connectivity index (χ0v) is 18.5. The van der Waals surface area contributed by atoms with Crippen molar-refractivity contribution >= 4 is 32.5 Å². The van der Waals surface area contributed by atoms with Gasteiger partial charge in [0.15, 0.2) is 9.84 Å². The molecular weight excluding hydrogens is 425 g/mol. The highest BCUT2D eigenvalue weighted by Crippen LogP contribution is 2.40. The van der Waals surface area contributed by atoms with Gasteiger partial charge in [-0.25, -0.2) is 17.6 Å². The molecule has 0 radical (unpaired) electrons. The van der Waals surface area contributed by atoms with E-state index in [0.717, 1.165) is 19.1 Å². The molecule has 1 unspecified atom stereocenters. The van der Waals surface area contributed by atoms with Crippen LogP contribution in [0.4, 0.5) is 14.9 Å². The van der Waals surface area contributed by atoms with Gasteiger partial charge in [-0.15, -0.1) is 0 Å². The van der Waals surface area contributed by atoms with E-state index in [1.807, 2.05) is 4.90 Å². The molecule has 1 amide bonds. The fourth-order valence-corrected chi connectivity index (χ4v) is 5.44. The van der Waals surface area contributed by atoms with E-state index in [-0.39, 0.29) is 22.9 Å². The summed E-state index contributed by atoms with van der Waals surface area (Å²) in [6.45, 7) is 4.60. The number of benzene rings is 1.